The summed E-state index contributed by atoms with van der Waals surface area (Å²) in [4.78, 5) is 28.3. The average molecular weight is 813 g/mol. The van der Waals surface area contributed by atoms with Crippen LogP contribution in [0.1, 0.15) is 20.8 Å². The quantitative estimate of drug-likeness (QED) is 0.0570. The Kier molecular flexibility index (Phi) is 17.2. The fourth-order valence-electron chi connectivity index (χ4n) is 6.42. The number of benzene rings is 3. The van der Waals surface area contributed by atoms with Crippen molar-refractivity contribution in [3.63, 3.8) is 0 Å². The molecule has 0 spiro atoms. The number of carbonyl (C=O) groups is 1. The molecular formula is C41H56Cl3N9O2. The Labute approximate surface area is 340 Å². The van der Waals surface area contributed by atoms with Gasteiger partial charge in [-0.05, 0) is 75.4 Å². The highest BCUT2D eigenvalue weighted by Gasteiger charge is 2.26. The molecule has 2 fully saturated rings. The van der Waals surface area contributed by atoms with E-state index in [1.54, 1.807) is 4.90 Å². The zero-order valence-corrected chi connectivity index (χ0v) is 34.4. The number of carbonyl (C=O) groups excluding carboxylic acids is 1. The van der Waals surface area contributed by atoms with E-state index in [2.05, 4.69) is 83.9 Å². The lowest BCUT2D eigenvalue weighted by Crippen LogP contribution is -2.50. The SMILES string of the molecule is CC(C)(C)OC(=O)N1CCN(c2cccc3[nH]ccc23)CC1.Cl.ClCCNCCCl.Nc1cccc2[nH]ccc12.c1cc(N2CCNCC2)c2cc[nH]c2c1. The van der Waals surface area contributed by atoms with E-state index in [9.17, 15) is 4.79 Å². The first-order valence-electron chi connectivity index (χ1n) is 18.6. The summed E-state index contributed by atoms with van der Waals surface area (Å²) in [7, 11) is 0. The molecule has 3 aromatic carbocycles. The number of nitrogens with one attached hydrogen (secondary N) is 5. The maximum Gasteiger partial charge on any atom is 0.410 e. The van der Waals surface area contributed by atoms with Crippen LogP contribution in [0.25, 0.3) is 32.7 Å². The summed E-state index contributed by atoms with van der Waals surface area (Å²) in [5.41, 5.74) is 12.1. The van der Waals surface area contributed by atoms with Crippen LogP contribution in [0.15, 0.2) is 91.4 Å². The number of anilines is 3. The molecule has 0 atom stereocenters. The van der Waals surface area contributed by atoms with Crippen LogP contribution in [0.4, 0.5) is 21.9 Å². The van der Waals surface area contributed by atoms with Gasteiger partial charge in [-0.25, -0.2) is 4.79 Å². The summed E-state index contributed by atoms with van der Waals surface area (Å²) in [6.07, 6.45) is 5.65. The van der Waals surface area contributed by atoms with Gasteiger partial charge in [-0.1, -0.05) is 18.2 Å². The lowest BCUT2D eigenvalue weighted by molar-refractivity contribution is 0.0240. The lowest BCUT2D eigenvalue weighted by Gasteiger charge is -2.37. The number of hydrogen-bond acceptors (Lipinski definition) is 7. The number of ether oxygens (including phenoxy) is 1. The molecule has 14 heteroatoms. The summed E-state index contributed by atoms with van der Waals surface area (Å²) in [6, 6.07) is 24.8. The van der Waals surface area contributed by atoms with Crippen LogP contribution >= 0.6 is 35.6 Å². The van der Waals surface area contributed by atoms with Gasteiger partial charge in [-0.3, -0.25) is 0 Å². The number of aromatic amines is 3. The van der Waals surface area contributed by atoms with Gasteiger partial charge in [0, 0.05) is 146 Å². The Balaban J connectivity index is 0.000000177. The minimum atomic E-state index is -0.440. The Morgan fingerprint density at radius 1 is 0.691 bits per heavy atom. The number of nitrogens with two attached hydrogens (primary N) is 1. The molecule has 3 aromatic heterocycles. The van der Waals surface area contributed by atoms with Crippen molar-refractivity contribution in [2.45, 2.75) is 26.4 Å². The van der Waals surface area contributed by atoms with E-state index in [1.807, 2.05) is 63.6 Å². The average Bonchev–Trinajstić information content (AvgIpc) is 3.97. The summed E-state index contributed by atoms with van der Waals surface area (Å²) in [6.45, 7) is 14.8. The predicted molar refractivity (Wildman–Crippen MR) is 236 cm³/mol. The van der Waals surface area contributed by atoms with Crippen LogP contribution in [0, 0.1) is 0 Å². The number of aromatic nitrogens is 3. The molecule has 0 bridgehead atoms. The number of piperazine rings is 2. The number of H-pyrrole nitrogens is 3. The minimum Gasteiger partial charge on any atom is -0.444 e. The zero-order valence-electron chi connectivity index (χ0n) is 32.0. The van der Waals surface area contributed by atoms with E-state index in [0.29, 0.717) is 24.8 Å². The van der Waals surface area contributed by atoms with E-state index in [-0.39, 0.29) is 18.5 Å². The van der Waals surface area contributed by atoms with Crippen LogP contribution in [0.3, 0.4) is 0 Å². The first-order valence-corrected chi connectivity index (χ1v) is 19.7. The van der Waals surface area contributed by atoms with Gasteiger partial charge in [-0.15, -0.1) is 35.6 Å². The first-order chi connectivity index (χ1) is 26.2. The molecule has 55 heavy (non-hydrogen) atoms. The summed E-state index contributed by atoms with van der Waals surface area (Å²) < 4.78 is 5.44. The van der Waals surface area contributed by atoms with Crippen molar-refractivity contribution < 1.29 is 9.53 Å². The maximum absolute atomic E-state index is 12.1. The predicted octanol–water partition coefficient (Wildman–Crippen LogP) is 8.03. The number of nitrogens with zero attached hydrogens (tertiary/aromatic N) is 3. The van der Waals surface area contributed by atoms with Crippen LogP contribution in [-0.4, -0.2) is 109 Å². The second-order valence-corrected chi connectivity index (χ2v) is 14.8. The number of alkyl halides is 2. The molecule has 8 rings (SSSR count). The van der Waals surface area contributed by atoms with Gasteiger partial charge >= 0.3 is 6.09 Å². The molecular weight excluding hydrogens is 757 g/mol. The molecule has 0 aliphatic carbocycles. The Morgan fingerprint density at radius 2 is 1.15 bits per heavy atom. The molecule has 298 valence electrons. The van der Waals surface area contributed by atoms with Crippen LogP contribution in [0.2, 0.25) is 0 Å². The molecule has 1 amide bonds. The topological polar surface area (TPSA) is 133 Å². The number of nitrogen functional groups attached to an aromatic ring is 1. The summed E-state index contributed by atoms with van der Waals surface area (Å²) in [5, 5.41) is 10.1. The van der Waals surface area contributed by atoms with E-state index in [4.69, 9.17) is 33.7 Å². The molecule has 11 nitrogen and oxygen atoms in total. The molecule has 5 heterocycles. The Bertz CT molecular complexity index is 2000. The summed E-state index contributed by atoms with van der Waals surface area (Å²) in [5.74, 6) is 1.33. The highest BCUT2D eigenvalue weighted by molar-refractivity contribution is 6.18. The van der Waals surface area contributed by atoms with Crippen molar-refractivity contribution in [3.05, 3.63) is 91.4 Å². The number of halogens is 3. The van der Waals surface area contributed by atoms with Crippen LogP contribution in [0.5, 0.6) is 0 Å². The monoisotopic (exact) mass is 811 g/mol. The number of rotatable bonds is 6. The van der Waals surface area contributed by atoms with Crippen molar-refractivity contribution in [1.82, 2.24) is 30.5 Å². The molecule has 2 saturated heterocycles. The minimum absolute atomic E-state index is 0. The third-order valence-electron chi connectivity index (χ3n) is 9.04. The fraction of sp³-hybridized carbons (Fsp3) is 0.390. The van der Waals surface area contributed by atoms with Crippen molar-refractivity contribution in [3.8, 4) is 0 Å². The molecule has 0 saturated carbocycles. The van der Waals surface area contributed by atoms with Crippen LogP contribution < -0.4 is 26.2 Å². The Morgan fingerprint density at radius 3 is 1.62 bits per heavy atom. The molecule has 6 aromatic rings. The van der Waals surface area contributed by atoms with Crippen LogP contribution in [-0.2, 0) is 4.74 Å². The smallest absolute Gasteiger partial charge is 0.410 e. The van der Waals surface area contributed by atoms with Gasteiger partial charge in [0.15, 0.2) is 0 Å². The molecule has 0 unspecified atom stereocenters. The van der Waals surface area contributed by atoms with Gasteiger partial charge in [0.05, 0.1) is 0 Å². The highest BCUT2D eigenvalue weighted by atomic mass is 35.5. The normalized spacial score (nSPS) is 14.2. The van der Waals surface area contributed by atoms with Crippen molar-refractivity contribution in [1.29, 1.82) is 0 Å². The highest BCUT2D eigenvalue weighted by Crippen LogP contribution is 2.28. The zero-order chi connectivity index (χ0) is 38.3. The van der Waals surface area contributed by atoms with Gasteiger partial charge in [0.1, 0.15) is 5.60 Å². The molecule has 2 aliphatic rings. The molecule has 7 N–H and O–H groups in total. The third-order valence-corrected chi connectivity index (χ3v) is 9.42. The fourth-order valence-corrected chi connectivity index (χ4v) is 6.69. The number of hydrogen-bond donors (Lipinski definition) is 6. The maximum atomic E-state index is 12.1. The second-order valence-electron chi connectivity index (χ2n) is 14.0. The van der Waals surface area contributed by atoms with Gasteiger partial charge in [0.25, 0.3) is 0 Å². The van der Waals surface area contributed by atoms with Gasteiger partial charge in [0.2, 0.25) is 0 Å². The van der Waals surface area contributed by atoms with Gasteiger partial charge in [-0.2, -0.15) is 0 Å². The van der Waals surface area contributed by atoms with Gasteiger partial charge < -0.3 is 50.8 Å². The Hall–Kier alpha value is -4.26. The molecule has 0 radical (unpaired) electrons. The second kappa shape index (κ2) is 21.7. The van der Waals surface area contributed by atoms with Crippen molar-refractivity contribution in [2.24, 2.45) is 0 Å². The number of amides is 1. The van der Waals surface area contributed by atoms with E-state index in [0.717, 1.165) is 74.5 Å². The third kappa shape index (κ3) is 12.6. The standard InChI is InChI=1S/C17H23N3O2.C12H15N3.C8H8N2.C4H9Cl2N.ClH/c1-17(2,3)22-16(21)20-11-9-19(10-12-20)15-6-4-5-14-13(15)7-8-18-14;1-2-11-10(4-5-14-11)12(3-1)15-8-6-13-7-9-15;9-7-2-1-3-8-6(7)4-5-10-8;5-1-3-7-4-2-6;/h4-8,18H,9-12H2,1-3H3;1-5,13-14H,6-9H2;1-5,10H,9H2;7H,1-4H2;1H. The molecule has 2 aliphatic heterocycles. The lowest BCUT2D eigenvalue weighted by atomic mass is 10.1. The van der Waals surface area contributed by atoms with E-state index >= 15 is 0 Å². The van der Waals surface area contributed by atoms with E-state index < -0.39 is 5.60 Å². The van der Waals surface area contributed by atoms with Crippen molar-refractivity contribution >= 4 is 91.5 Å². The van der Waals surface area contributed by atoms with E-state index in [1.165, 1.54) is 27.7 Å². The number of fused-ring (bicyclic) bond motifs is 3. The van der Waals surface area contributed by atoms with Crippen molar-refractivity contribution in [2.75, 3.05) is 92.7 Å². The largest absolute Gasteiger partial charge is 0.444 e. The summed E-state index contributed by atoms with van der Waals surface area (Å²) >= 11 is 10.7. The first kappa shape index (κ1) is 43.5.